The molecule has 4 aromatic rings. The second-order valence-corrected chi connectivity index (χ2v) is 6.50. The SMILES string of the molecule is Cc1cccc(NC(=O)c2cc(=O)n3c(nc4ccccc43)s2)c1. The zero-order valence-electron chi connectivity index (χ0n) is 12.8. The van der Waals surface area contributed by atoms with Crippen LogP contribution in [-0.2, 0) is 0 Å². The number of anilines is 1. The molecular formula is C18H13N3O2S. The van der Waals surface area contributed by atoms with E-state index < -0.39 is 0 Å². The molecule has 2 heterocycles. The Kier molecular flexibility index (Phi) is 3.39. The van der Waals surface area contributed by atoms with Crippen LogP contribution in [0.3, 0.4) is 0 Å². The highest BCUT2D eigenvalue weighted by molar-refractivity contribution is 7.18. The highest BCUT2D eigenvalue weighted by Gasteiger charge is 2.14. The number of aromatic nitrogens is 2. The number of carbonyl (C=O) groups is 1. The van der Waals surface area contributed by atoms with Gasteiger partial charge in [-0.3, -0.25) is 14.0 Å². The molecule has 0 spiro atoms. The quantitative estimate of drug-likeness (QED) is 0.610. The summed E-state index contributed by atoms with van der Waals surface area (Å²) in [4.78, 5) is 30.2. The lowest BCUT2D eigenvalue weighted by Gasteiger charge is -2.05. The zero-order chi connectivity index (χ0) is 16.7. The number of benzene rings is 2. The van der Waals surface area contributed by atoms with E-state index in [2.05, 4.69) is 10.3 Å². The summed E-state index contributed by atoms with van der Waals surface area (Å²) < 4.78 is 1.53. The van der Waals surface area contributed by atoms with E-state index in [1.165, 1.54) is 21.8 Å². The van der Waals surface area contributed by atoms with Crippen molar-refractivity contribution in [3.63, 3.8) is 0 Å². The molecule has 0 saturated heterocycles. The molecule has 0 atom stereocenters. The summed E-state index contributed by atoms with van der Waals surface area (Å²) in [6.07, 6.45) is 0. The number of carbonyl (C=O) groups excluding carboxylic acids is 1. The summed E-state index contributed by atoms with van der Waals surface area (Å²) in [6, 6.07) is 16.3. The van der Waals surface area contributed by atoms with Crippen molar-refractivity contribution in [2.24, 2.45) is 0 Å². The molecule has 0 fully saturated rings. The average Bonchev–Trinajstić information content (AvgIpc) is 2.93. The standard InChI is InChI=1S/C18H13N3O2S/c1-11-5-4-6-12(9-11)19-17(23)15-10-16(22)21-14-8-3-2-7-13(14)20-18(21)24-15/h2-10H,1H3,(H,19,23). The van der Waals surface area contributed by atoms with Crippen LogP contribution in [-0.4, -0.2) is 15.3 Å². The number of para-hydroxylation sites is 2. The van der Waals surface area contributed by atoms with Crippen molar-refractivity contribution in [3.8, 4) is 0 Å². The van der Waals surface area contributed by atoms with Crippen molar-refractivity contribution in [3.05, 3.63) is 75.4 Å². The second kappa shape index (κ2) is 5.58. The number of fused-ring (bicyclic) bond motifs is 3. The number of hydrogen-bond acceptors (Lipinski definition) is 4. The second-order valence-electron chi connectivity index (χ2n) is 5.49. The van der Waals surface area contributed by atoms with Crippen molar-refractivity contribution in [1.29, 1.82) is 0 Å². The highest BCUT2D eigenvalue weighted by atomic mass is 32.1. The number of nitrogens with one attached hydrogen (secondary N) is 1. The van der Waals surface area contributed by atoms with E-state index in [0.29, 0.717) is 15.5 Å². The van der Waals surface area contributed by atoms with Crippen LogP contribution in [0.15, 0.2) is 59.4 Å². The van der Waals surface area contributed by atoms with Gasteiger partial charge in [0.2, 0.25) is 0 Å². The Balaban J connectivity index is 1.78. The number of nitrogens with zero attached hydrogens (tertiary/aromatic N) is 2. The van der Waals surface area contributed by atoms with Crippen LogP contribution in [0.4, 0.5) is 5.69 Å². The van der Waals surface area contributed by atoms with Gasteiger partial charge in [-0.05, 0) is 36.8 Å². The summed E-state index contributed by atoms with van der Waals surface area (Å²) >= 11 is 1.20. The van der Waals surface area contributed by atoms with Gasteiger partial charge in [0.15, 0.2) is 4.96 Å². The van der Waals surface area contributed by atoms with Crippen LogP contribution in [0.25, 0.3) is 16.0 Å². The smallest absolute Gasteiger partial charge is 0.266 e. The molecule has 2 aromatic heterocycles. The van der Waals surface area contributed by atoms with Crippen LogP contribution >= 0.6 is 11.3 Å². The van der Waals surface area contributed by atoms with Crippen LogP contribution < -0.4 is 10.9 Å². The van der Waals surface area contributed by atoms with E-state index in [0.717, 1.165) is 16.6 Å². The summed E-state index contributed by atoms with van der Waals surface area (Å²) in [7, 11) is 0. The topological polar surface area (TPSA) is 63.5 Å². The molecule has 118 valence electrons. The van der Waals surface area contributed by atoms with Gasteiger partial charge in [-0.15, -0.1) is 0 Å². The van der Waals surface area contributed by atoms with Crippen LogP contribution in [0.5, 0.6) is 0 Å². The molecule has 0 bridgehead atoms. The van der Waals surface area contributed by atoms with E-state index in [1.807, 2.05) is 55.5 Å². The van der Waals surface area contributed by atoms with Gasteiger partial charge in [-0.2, -0.15) is 0 Å². The van der Waals surface area contributed by atoms with E-state index in [-0.39, 0.29) is 11.5 Å². The van der Waals surface area contributed by atoms with Gasteiger partial charge in [0.25, 0.3) is 11.5 Å². The maximum Gasteiger partial charge on any atom is 0.266 e. The van der Waals surface area contributed by atoms with Crippen molar-refractivity contribution < 1.29 is 4.79 Å². The minimum absolute atomic E-state index is 0.258. The molecule has 6 heteroatoms. The molecule has 1 N–H and O–H groups in total. The maximum atomic E-state index is 12.5. The van der Waals surface area contributed by atoms with Gasteiger partial charge in [0.1, 0.15) is 4.88 Å². The Hall–Kier alpha value is -2.99. The summed E-state index contributed by atoms with van der Waals surface area (Å²) in [5.74, 6) is -0.308. The lowest BCUT2D eigenvalue weighted by molar-refractivity contribution is 0.103. The number of rotatable bonds is 2. The van der Waals surface area contributed by atoms with E-state index in [9.17, 15) is 9.59 Å². The van der Waals surface area contributed by atoms with Gasteiger partial charge >= 0.3 is 0 Å². The molecular weight excluding hydrogens is 322 g/mol. The molecule has 2 aromatic carbocycles. The van der Waals surface area contributed by atoms with Crippen LogP contribution in [0.2, 0.25) is 0 Å². The normalized spacial score (nSPS) is 11.0. The van der Waals surface area contributed by atoms with Gasteiger partial charge < -0.3 is 5.32 Å². The first-order valence-electron chi connectivity index (χ1n) is 7.41. The van der Waals surface area contributed by atoms with Gasteiger partial charge in [-0.25, -0.2) is 4.98 Å². The monoisotopic (exact) mass is 335 g/mol. The molecule has 1 amide bonds. The van der Waals surface area contributed by atoms with Crippen LogP contribution in [0, 0.1) is 6.92 Å². The van der Waals surface area contributed by atoms with Crippen molar-refractivity contribution >= 4 is 38.9 Å². The Morgan fingerprint density at radius 1 is 1.12 bits per heavy atom. The lowest BCUT2D eigenvalue weighted by atomic mass is 10.2. The largest absolute Gasteiger partial charge is 0.321 e. The Morgan fingerprint density at radius 3 is 2.79 bits per heavy atom. The third kappa shape index (κ3) is 2.47. The fraction of sp³-hybridized carbons (Fsp3) is 0.0556. The molecule has 0 aliphatic heterocycles. The summed E-state index contributed by atoms with van der Waals surface area (Å²) in [5.41, 5.74) is 2.98. The van der Waals surface area contributed by atoms with Crippen molar-refractivity contribution in [1.82, 2.24) is 9.38 Å². The third-order valence-corrected chi connectivity index (χ3v) is 4.69. The molecule has 0 aliphatic carbocycles. The maximum absolute atomic E-state index is 12.5. The highest BCUT2D eigenvalue weighted by Crippen LogP contribution is 2.20. The van der Waals surface area contributed by atoms with Gasteiger partial charge in [-0.1, -0.05) is 35.6 Å². The van der Waals surface area contributed by atoms with Crippen molar-refractivity contribution in [2.75, 3.05) is 5.32 Å². The lowest BCUT2D eigenvalue weighted by Crippen LogP contribution is -2.17. The first-order chi connectivity index (χ1) is 11.6. The Labute approximate surface area is 141 Å². The molecule has 0 radical (unpaired) electrons. The van der Waals surface area contributed by atoms with E-state index in [1.54, 1.807) is 0 Å². The summed E-state index contributed by atoms with van der Waals surface area (Å²) in [6.45, 7) is 1.95. The molecule has 0 unspecified atom stereocenters. The molecule has 0 saturated carbocycles. The fourth-order valence-corrected chi connectivity index (χ4v) is 3.54. The van der Waals surface area contributed by atoms with Crippen molar-refractivity contribution in [2.45, 2.75) is 6.92 Å². The number of hydrogen-bond donors (Lipinski definition) is 1. The minimum Gasteiger partial charge on any atom is -0.321 e. The predicted octanol–water partition coefficient (Wildman–Crippen LogP) is 3.47. The van der Waals surface area contributed by atoms with E-state index in [4.69, 9.17) is 0 Å². The van der Waals surface area contributed by atoms with Gasteiger partial charge in [0, 0.05) is 11.8 Å². The zero-order valence-corrected chi connectivity index (χ0v) is 13.6. The Bertz CT molecular complexity index is 1140. The summed E-state index contributed by atoms with van der Waals surface area (Å²) in [5, 5.41) is 2.82. The van der Waals surface area contributed by atoms with E-state index >= 15 is 0 Å². The molecule has 24 heavy (non-hydrogen) atoms. The van der Waals surface area contributed by atoms with Gasteiger partial charge in [0.05, 0.1) is 11.0 Å². The number of aryl methyl sites for hydroxylation is 1. The minimum atomic E-state index is -0.308. The average molecular weight is 335 g/mol. The van der Waals surface area contributed by atoms with Crippen LogP contribution in [0.1, 0.15) is 15.2 Å². The fourth-order valence-electron chi connectivity index (χ4n) is 2.62. The number of amides is 1. The Morgan fingerprint density at radius 2 is 1.96 bits per heavy atom. The molecule has 4 rings (SSSR count). The number of imidazole rings is 1. The third-order valence-electron chi connectivity index (χ3n) is 3.71. The first kappa shape index (κ1) is 14.6. The first-order valence-corrected chi connectivity index (χ1v) is 8.23. The molecule has 0 aliphatic rings. The molecule has 5 nitrogen and oxygen atoms in total. The predicted molar refractivity (Wildman–Crippen MR) is 96.0 cm³/mol.